The maximum Gasteiger partial charge on any atom is 0.0586 e. The second-order valence-corrected chi connectivity index (χ2v) is 5.35. The minimum atomic E-state index is 0.500. The van der Waals surface area contributed by atoms with Crippen molar-refractivity contribution in [2.24, 2.45) is 0 Å². The summed E-state index contributed by atoms with van der Waals surface area (Å²) in [5.74, 6) is 0. The Morgan fingerprint density at radius 2 is 2.07 bits per heavy atom. The van der Waals surface area contributed by atoms with Crippen LogP contribution in [0.5, 0.6) is 0 Å². The van der Waals surface area contributed by atoms with Crippen LogP contribution in [0.3, 0.4) is 0 Å². The molecule has 2 saturated carbocycles. The Morgan fingerprint density at radius 3 is 2.60 bits per heavy atom. The summed E-state index contributed by atoms with van der Waals surface area (Å²) in [6.07, 6.45) is 11.1. The first-order valence-electron chi connectivity index (χ1n) is 6.58. The molecule has 2 rings (SSSR count). The molecule has 0 bridgehead atoms. The van der Waals surface area contributed by atoms with Gasteiger partial charge >= 0.3 is 0 Å². The molecule has 0 aromatic rings. The van der Waals surface area contributed by atoms with Crippen molar-refractivity contribution < 1.29 is 4.74 Å². The van der Waals surface area contributed by atoms with Crippen LogP contribution in [0.2, 0.25) is 0 Å². The molecule has 2 heteroatoms. The first kappa shape index (κ1) is 11.4. The van der Waals surface area contributed by atoms with Crippen molar-refractivity contribution in [3.63, 3.8) is 0 Å². The van der Waals surface area contributed by atoms with Crippen molar-refractivity contribution in [2.45, 2.75) is 76.0 Å². The first-order chi connectivity index (χ1) is 7.28. The monoisotopic (exact) mass is 211 g/mol. The zero-order valence-corrected chi connectivity index (χ0v) is 10.2. The molecular weight excluding hydrogens is 186 g/mol. The Kier molecular flexibility index (Phi) is 3.68. The molecule has 0 saturated heterocycles. The molecule has 2 atom stereocenters. The molecule has 15 heavy (non-hydrogen) atoms. The van der Waals surface area contributed by atoms with Gasteiger partial charge < -0.3 is 10.1 Å². The lowest BCUT2D eigenvalue weighted by Gasteiger charge is -2.46. The van der Waals surface area contributed by atoms with Crippen LogP contribution in [0.4, 0.5) is 0 Å². The Hall–Kier alpha value is -0.0800. The van der Waals surface area contributed by atoms with Crippen molar-refractivity contribution in [1.82, 2.24) is 5.32 Å². The molecule has 0 radical (unpaired) electrons. The maximum atomic E-state index is 5.48. The van der Waals surface area contributed by atoms with Gasteiger partial charge in [-0.15, -0.1) is 0 Å². The van der Waals surface area contributed by atoms with E-state index in [1.165, 1.54) is 51.4 Å². The summed E-state index contributed by atoms with van der Waals surface area (Å²) in [7, 11) is 1.85. The van der Waals surface area contributed by atoms with Gasteiger partial charge in [0.2, 0.25) is 0 Å². The molecule has 2 aliphatic carbocycles. The Bertz CT molecular complexity index is 195. The van der Waals surface area contributed by atoms with Gasteiger partial charge in [-0.2, -0.15) is 0 Å². The molecule has 2 aliphatic rings. The first-order valence-corrected chi connectivity index (χ1v) is 6.58. The van der Waals surface area contributed by atoms with E-state index in [1.807, 2.05) is 7.11 Å². The Labute approximate surface area is 93.8 Å². The van der Waals surface area contributed by atoms with Gasteiger partial charge in [-0.1, -0.05) is 6.92 Å². The van der Waals surface area contributed by atoms with Crippen LogP contribution in [-0.2, 0) is 4.74 Å². The lowest BCUT2D eigenvalue weighted by Crippen LogP contribution is -2.55. The lowest BCUT2D eigenvalue weighted by molar-refractivity contribution is 0.0436. The van der Waals surface area contributed by atoms with E-state index in [9.17, 15) is 0 Å². The molecule has 0 aromatic heterocycles. The summed E-state index contributed by atoms with van der Waals surface area (Å²) < 4.78 is 5.48. The molecule has 0 spiro atoms. The van der Waals surface area contributed by atoms with Crippen LogP contribution in [0.1, 0.15) is 58.3 Å². The number of hydrogen-bond acceptors (Lipinski definition) is 2. The van der Waals surface area contributed by atoms with Crippen LogP contribution in [0.25, 0.3) is 0 Å². The average Bonchev–Trinajstić information content (AvgIpc) is 2.24. The van der Waals surface area contributed by atoms with E-state index in [1.54, 1.807) is 0 Å². The van der Waals surface area contributed by atoms with Gasteiger partial charge in [0.1, 0.15) is 0 Å². The second kappa shape index (κ2) is 4.84. The van der Waals surface area contributed by atoms with Crippen LogP contribution >= 0.6 is 0 Å². The standard InChI is InChI=1S/C13H25NO/c1-3-13(8-5-9-13)14-11-6-4-7-12(10-11)15-2/h11-12,14H,3-10H2,1-2H3. The molecule has 88 valence electrons. The predicted molar refractivity (Wildman–Crippen MR) is 63.1 cm³/mol. The van der Waals surface area contributed by atoms with E-state index >= 15 is 0 Å². The van der Waals surface area contributed by atoms with Crippen LogP contribution in [0, 0.1) is 0 Å². The van der Waals surface area contributed by atoms with Gasteiger partial charge in [-0.3, -0.25) is 0 Å². The smallest absolute Gasteiger partial charge is 0.0586 e. The van der Waals surface area contributed by atoms with Crippen molar-refractivity contribution in [3.05, 3.63) is 0 Å². The third-order valence-electron chi connectivity index (χ3n) is 4.46. The fourth-order valence-electron chi connectivity index (χ4n) is 3.13. The fourth-order valence-corrected chi connectivity index (χ4v) is 3.13. The van der Waals surface area contributed by atoms with E-state index in [0.717, 1.165) is 0 Å². The quantitative estimate of drug-likeness (QED) is 0.772. The maximum absolute atomic E-state index is 5.48. The number of nitrogens with one attached hydrogen (secondary N) is 1. The summed E-state index contributed by atoms with van der Waals surface area (Å²) >= 11 is 0. The largest absolute Gasteiger partial charge is 0.381 e. The van der Waals surface area contributed by atoms with Crippen molar-refractivity contribution in [2.75, 3.05) is 7.11 Å². The zero-order valence-electron chi connectivity index (χ0n) is 10.2. The number of rotatable bonds is 4. The molecule has 0 heterocycles. The predicted octanol–water partition coefficient (Wildman–Crippen LogP) is 2.87. The fraction of sp³-hybridized carbons (Fsp3) is 1.00. The molecule has 2 unspecified atom stereocenters. The molecule has 0 aliphatic heterocycles. The zero-order chi connectivity index (χ0) is 10.7. The van der Waals surface area contributed by atoms with Crippen molar-refractivity contribution >= 4 is 0 Å². The van der Waals surface area contributed by atoms with Crippen LogP contribution in [-0.4, -0.2) is 24.8 Å². The van der Waals surface area contributed by atoms with E-state index in [0.29, 0.717) is 17.7 Å². The van der Waals surface area contributed by atoms with Gasteiger partial charge in [0.05, 0.1) is 6.10 Å². The highest BCUT2D eigenvalue weighted by atomic mass is 16.5. The van der Waals surface area contributed by atoms with E-state index in [2.05, 4.69) is 12.2 Å². The minimum absolute atomic E-state index is 0.500. The average molecular weight is 211 g/mol. The lowest BCUT2D eigenvalue weighted by atomic mass is 9.73. The van der Waals surface area contributed by atoms with Crippen molar-refractivity contribution in [3.8, 4) is 0 Å². The highest BCUT2D eigenvalue weighted by molar-refractivity contribution is 4.97. The Balaban J connectivity index is 1.82. The van der Waals surface area contributed by atoms with Crippen LogP contribution < -0.4 is 5.32 Å². The van der Waals surface area contributed by atoms with E-state index in [-0.39, 0.29) is 0 Å². The normalized spacial score (nSPS) is 34.8. The topological polar surface area (TPSA) is 21.3 Å². The number of ether oxygens (including phenoxy) is 1. The summed E-state index contributed by atoms with van der Waals surface area (Å²) in [5, 5.41) is 3.90. The van der Waals surface area contributed by atoms with Crippen LogP contribution in [0.15, 0.2) is 0 Å². The number of hydrogen-bond donors (Lipinski definition) is 1. The van der Waals surface area contributed by atoms with Gasteiger partial charge in [-0.05, 0) is 51.4 Å². The van der Waals surface area contributed by atoms with Gasteiger partial charge in [0.25, 0.3) is 0 Å². The molecular formula is C13H25NO. The van der Waals surface area contributed by atoms with Crippen molar-refractivity contribution in [1.29, 1.82) is 0 Å². The van der Waals surface area contributed by atoms with Gasteiger partial charge in [-0.25, -0.2) is 0 Å². The summed E-state index contributed by atoms with van der Waals surface area (Å²) in [4.78, 5) is 0. The summed E-state index contributed by atoms with van der Waals surface area (Å²) in [6.45, 7) is 2.32. The molecule has 2 nitrogen and oxygen atoms in total. The van der Waals surface area contributed by atoms with E-state index < -0.39 is 0 Å². The number of methoxy groups -OCH3 is 1. The second-order valence-electron chi connectivity index (χ2n) is 5.35. The SMILES string of the molecule is CCC1(NC2CCCC(OC)C2)CCC1. The van der Waals surface area contributed by atoms with Gasteiger partial charge in [0, 0.05) is 18.7 Å². The molecule has 2 fully saturated rings. The highest BCUT2D eigenvalue weighted by Crippen LogP contribution is 2.36. The highest BCUT2D eigenvalue weighted by Gasteiger charge is 2.37. The minimum Gasteiger partial charge on any atom is -0.381 e. The third kappa shape index (κ3) is 2.54. The summed E-state index contributed by atoms with van der Waals surface area (Å²) in [5.41, 5.74) is 0.500. The molecule has 1 N–H and O–H groups in total. The Morgan fingerprint density at radius 1 is 1.27 bits per heavy atom. The third-order valence-corrected chi connectivity index (χ3v) is 4.46. The molecule has 0 amide bonds. The van der Waals surface area contributed by atoms with E-state index in [4.69, 9.17) is 4.74 Å². The summed E-state index contributed by atoms with van der Waals surface area (Å²) in [6, 6.07) is 0.712. The molecule has 0 aromatic carbocycles. The van der Waals surface area contributed by atoms with Gasteiger partial charge in [0.15, 0.2) is 0 Å².